The van der Waals surface area contributed by atoms with Crippen LogP contribution in [0.5, 0.6) is 0 Å². The van der Waals surface area contributed by atoms with Gasteiger partial charge in [0.25, 0.3) is 5.91 Å². The summed E-state index contributed by atoms with van der Waals surface area (Å²) in [7, 11) is 0. The Labute approximate surface area is 148 Å². The highest BCUT2D eigenvalue weighted by molar-refractivity contribution is 6.04. The second-order valence-electron chi connectivity index (χ2n) is 6.47. The fraction of sp³-hybridized carbons (Fsp3) is 0.421. The van der Waals surface area contributed by atoms with Crippen molar-refractivity contribution in [2.24, 2.45) is 0 Å². The Morgan fingerprint density at radius 1 is 1.12 bits per heavy atom. The van der Waals surface area contributed by atoms with Crippen LogP contribution in [-0.2, 0) is 0 Å². The SMILES string of the molecule is CCN1CCN(c2ncc(C(=O)Nc3cc(C)ccc3C)cn2)CC1. The van der Waals surface area contributed by atoms with E-state index in [0.717, 1.165) is 49.5 Å². The van der Waals surface area contributed by atoms with Crippen molar-refractivity contribution in [1.29, 1.82) is 0 Å². The number of amides is 1. The van der Waals surface area contributed by atoms with Crippen molar-refractivity contribution in [1.82, 2.24) is 14.9 Å². The van der Waals surface area contributed by atoms with Crippen LogP contribution in [0.4, 0.5) is 11.6 Å². The van der Waals surface area contributed by atoms with Crippen LogP contribution in [0, 0.1) is 13.8 Å². The molecule has 0 spiro atoms. The van der Waals surface area contributed by atoms with Crippen LogP contribution in [0.1, 0.15) is 28.4 Å². The van der Waals surface area contributed by atoms with Gasteiger partial charge in [0.15, 0.2) is 0 Å². The molecule has 6 heteroatoms. The Hall–Kier alpha value is -2.47. The fourth-order valence-corrected chi connectivity index (χ4v) is 2.93. The van der Waals surface area contributed by atoms with E-state index >= 15 is 0 Å². The fourth-order valence-electron chi connectivity index (χ4n) is 2.93. The molecule has 0 atom stereocenters. The zero-order chi connectivity index (χ0) is 17.8. The molecule has 0 bridgehead atoms. The van der Waals surface area contributed by atoms with E-state index in [4.69, 9.17) is 0 Å². The molecular weight excluding hydrogens is 314 g/mol. The van der Waals surface area contributed by atoms with Crippen LogP contribution < -0.4 is 10.2 Å². The van der Waals surface area contributed by atoms with E-state index in [2.05, 4.69) is 32.0 Å². The molecule has 2 aromatic rings. The number of aromatic nitrogens is 2. The van der Waals surface area contributed by atoms with Crippen molar-refractivity contribution in [3.05, 3.63) is 47.3 Å². The molecule has 0 aliphatic carbocycles. The molecule has 1 aromatic heterocycles. The standard InChI is InChI=1S/C19H25N5O/c1-4-23-7-9-24(10-8-23)19-20-12-16(13-21-19)18(25)22-17-11-14(2)5-6-15(17)3/h5-6,11-13H,4,7-10H2,1-3H3,(H,22,25). The first kappa shape index (κ1) is 17.4. The maximum absolute atomic E-state index is 12.4. The third-order valence-electron chi connectivity index (χ3n) is 4.64. The van der Waals surface area contributed by atoms with Crippen molar-refractivity contribution >= 4 is 17.5 Å². The molecule has 3 rings (SSSR count). The van der Waals surface area contributed by atoms with Crippen molar-refractivity contribution in [3.63, 3.8) is 0 Å². The molecule has 1 saturated heterocycles. The van der Waals surface area contributed by atoms with Gasteiger partial charge in [-0.15, -0.1) is 0 Å². The molecule has 0 saturated carbocycles. The Balaban J connectivity index is 1.66. The molecule has 1 aliphatic heterocycles. The predicted octanol–water partition coefficient (Wildman–Crippen LogP) is 2.49. The van der Waals surface area contributed by atoms with Crippen molar-refractivity contribution in [2.75, 3.05) is 42.9 Å². The summed E-state index contributed by atoms with van der Waals surface area (Å²) in [5.41, 5.74) is 3.44. The average molecular weight is 339 g/mol. The summed E-state index contributed by atoms with van der Waals surface area (Å²) >= 11 is 0. The molecule has 0 unspecified atom stereocenters. The molecule has 132 valence electrons. The third kappa shape index (κ3) is 4.14. The largest absolute Gasteiger partial charge is 0.338 e. The minimum Gasteiger partial charge on any atom is -0.338 e. The molecular formula is C19H25N5O. The highest BCUT2D eigenvalue weighted by Crippen LogP contribution is 2.18. The highest BCUT2D eigenvalue weighted by atomic mass is 16.1. The smallest absolute Gasteiger partial charge is 0.258 e. The first-order valence-corrected chi connectivity index (χ1v) is 8.74. The summed E-state index contributed by atoms with van der Waals surface area (Å²) in [4.78, 5) is 25.8. The second kappa shape index (κ2) is 7.61. The first-order valence-electron chi connectivity index (χ1n) is 8.74. The number of likely N-dealkylation sites (N-methyl/N-ethyl adjacent to an activating group) is 1. The van der Waals surface area contributed by atoms with Gasteiger partial charge in [-0.05, 0) is 37.6 Å². The first-order chi connectivity index (χ1) is 12.1. The van der Waals surface area contributed by atoms with Crippen molar-refractivity contribution < 1.29 is 4.79 Å². The van der Waals surface area contributed by atoms with Gasteiger partial charge < -0.3 is 15.1 Å². The molecule has 6 nitrogen and oxygen atoms in total. The van der Waals surface area contributed by atoms with Gasteiger partial charge in [-0.3, -0.25) is 4.79 Å². The van der Waals surface area contributed by atoms with Gasteiger partial charge in [0.2, 0.25) is 5.95 Å². The van der Waals surface area contributed by atoms with Crippen LogP contribution in [0.15, 0.2) is 30.6 Å². The predicted molar refractivity (Wildman–Crippen MR) is 100 cm³/mol. The second-order valence-corrected chi connectivity index (χ2v) is 6.47. The maximum Gasteiger partial charge on any atom is 0.258 e. The number of anilines is 2. The summed E-state index contributed by atoms with van der Waals surface area (Å²) in [6, 6.07) is 6.00. The van der Waals surface area contributed by atoms with Gasteiger partial charge in [0.05, 0.1) is 5.56 Å². The number of nitrogens with one attached hydrogen (secondary N) is 1. The number of hydrogen-bond donors (Lipinski definition) is 1. The lowest BCUT2D eigenvalue weighted by Gasteiger charge is -2.33. The summed E-state index contributed by atoms with van der Waals surface area (Å²) in [6.07, 6.45) is 3.21. The minimum atomic E-state index is -0.184. The number of hydrogen-bond acceptors (Lipinski definition) is 5. The van der Waals surface area contributed by atoms with E-state index in [1.165, 1.54) is 0 Å². The van der Waals surface area contributed by atoms with Crippen molar-refractivity contribution in [3.8, 4) is 0 Å². The normalized spacial score (nSPS) is 15.2. The van der Waals surface area contributed by atoms with E-state index in [0.29, 0.717) is 11.5 Å². The lowest BCUT2D eigenvalue weighted by molar-refractivity contribution is 0.102. The quantitative estimate of drug-likeness (QED) is 0.927. The summed E-state index contributed by atoms with van der Waals surface area (Å²) in [6.45, 7) is 11.1. The molecule has 1 aromatic carbocycles. The Morgan fingerprint density at radius 2 is 1.80 bits per heavy atom. The van der Waals surface area contributed by atoms with E-state index < -0.39 is 0 Å². The van der Waals surface area contributed by atoms with Gasteiger partial charge in [-0.25, -0.2) is 9.97 Å². The molecule has 25 heavy (non-hydrogen) atoms. The average Bonchev–Trinajstić information content (AvgIpc) is 2.65. The van der Waals surface area contributed by atoms with E-state index in [1.54, 1.807) is 12.4 Å². The summed E-state index contributed by atoms with van der Waals surface area (Å²) in [5, 5.41) is 2.94. The Kier molecular flexibility index (Phi) is 5.28. The molecule has 0 radical (unpaired) electrons. The van der Waals surface area contributed by atoms with Gasteiger partial charge in [0, 0.05) is 44.3 Å². The van der Waals surface area contributed by atoms with Crippen molar-refractivity contribution in [2.45, 2.75) is 20.8 Å². The minimum absolute atomic E-state index is 0.184. The van der Waals surface area contributed by atoms with E-state index in [-0.39, 0.29) is 5.91 Å². The number of benzene rings is 1. The molecule has 1 amide bonds. The topological polar surface area (TPSA) is 61.4 Å². The number of carbonyl (C=O) groups is 1. The van der Waals surface area contributed by atoms with Gasteiger partial charge in [0.1, 0.15) is 0 Å². The third-order valence-corrected chi connectivity index (χ3v) is 4.64. The number of piperazine rings is 1. The number of rotatable bonds is 4. The van der Waals surface area contributed by atoms with Gasteiger partial charge in [-0.1, -0.05) is 19.1 Å². The van der Waals surface area contributed by atoms with E-state index in [9.17, 15) is 4.79 Å². The number of carbonyl (C=O) groups excluding carboxylic acids is 1. The maximum atomic E-state index is 12.4. The lowest BCUT2D eigenvalue weighted by Crippen LogP contribution is -2.46. The molecule has 1 N–H and O–H groups in total. The van der Waals surface area contributed by atoms with E-state index in [1.807, 2.05) is 32.0 Å². The van der Waals surface area contributed by atoms with Crippen LogP contribution in [0.3, 0.4) is 0 Å². The Morgan fingerprint density at radius 3 is 2.44 bits per heavy atom. The van der Waals surface area contributed by atoms with Crippen LogP contribution in [0.2, 0.25) is 0 Å². The van der Waals surface area contributed by atoms with Crippen LogP contribution in [-0.4, -0.2) is 53.5 Å². The number of aryl methyl sites for hydroxylation is 2. The van der Waals surface area contributed by atoms with Gasteiger partial charge in [-0.2, -0.15) is 0 Å². The summed E-state index contributed by atoms with van der Waals surface area (Å²) < 4.78 is 0. The molecule has 1 fully saturated rings. The zero-order valence-corrected chi connectivity index (χ0v) is 15.1. The van der Waals surface area contributed by atoms with Crippen LogP contribution in [0.25, 0.3) is 0 Å². The monoisotopic (exact) mass is 339 g/mol. The van der Waals surface area contributed by atoms with Crippen LogP contribution >= 0.6 is 0 Å². The lowest BCUT2D eigenvalue weighted by atomic mass is 10.1. The molecule has 2 heterocycles. The Bertz CT molecular complexity index is 736. The summed E-state index contributed by atoms with van der Waals surface area (Å²) in [5.74, 6) is 0.509. The highest BCUT2D eigenvalue weighted by Gasteiger charge is 2.18. The van der Waals surface area contributed by atoms with Gasteiger partial charge >= 0.3 is 0 Å². The number of nitrogens with zero attached hydrogens (tertiary/aromatic N) is 4. The zero-order valence-electron chi connectivity index (χ0n) is 15.1. The molecule has 1 aliphatic rings.